The van der Waals surface area contributed by atoms with Crippen molar-refractivity contribution in [3.63, 3.8) is 0 Å². The van der Waals surface area contributed by atoms with Crippen LogP contribution < -0.4 is 10.6 Å². The number of aliphatic hydroxyl groups is 1. The van der Waals surface area contributed by atoms with E-state index >= 15 is 0 Å². The van der Waals surface area contributed by atoms with E-state index in [0.717, 1.165) is 0 Å². The highest BCUT2D eigenvalue weighted by atomic mass is 16.6. The van der Waals surface area contributed by atoms with Gasteiger partial charge in [0, 0.05) is 0 Å². The van der Waals surface area contributed by atoms with Gasteiger partial charge in [0.05, 0.1) is 12.6 Å². The minimum absolute atomic E-state index is 0.176. The first-order valence-corrected chi connectivity index (χ1v) is 5.76. The molecule has 0 aromatic heterocycles. The number of ether oxygens (including phenoxy) is 1. The first-order chi connectivity index (χ1) is 8.28. The molecule has 6 heteroatoms. The van der Waals surface area contributed by atoms with Gasteiger partial charge in [-0.3, -0.25) is 4.79 Å². The van der Waals surface area contributed by atoms with E-state index < -0.39 is 11.7 Å². The molecule has 1 atom stereocenters. The highest BCUT2D eigenvalue weighted by molar-refractivity contribution is 5.82. The van der Waals surface area contributed by atoms with Gasteiger partial charge in [0.15, 0.2) is 0 Å². The standard InChI is InChI=1S/C12H22N2O4/c1-5-6-9(8-15)14-10(16)7-13-11(17)18-12(2,3)4/h5,9,15H,1,6-8H2,2-4H3,(H,13,17)(H,14,16). The van der Waals surface area contributed by atoms with Crippen LogP contribution in [0.1, 0.15) is 27.2 Å². The lowest BCUT2D eigenvalue weighted by atomic mass is 10.2. The van der Waals surface area contributed by atoms with Crippen LogP contribution in [-0.2, 0) is 9.53 Å². The van der Waals surface area contributed by atoms with Gasteiger partial charge in [-0.1, -0.05) is 6.08 Å². The van der Waals surface area contributed by atoms with E-state index in [1.165, 1.54) is 0 Å². The molecule has 0 aliphatic heterocycles. The summed E-state index contributed by atoms with van der Waals surface area (Å²) in [6.45, 7) is 8.35. The van der Waals surface area contributed by atoms with Crippen molar-refractivity contribution in [2.24, 2.45) is 0 Å². The van der Waals surface area contributed by atoms with Crippen LogP contribution in [0, 0.1) is 0 Å². The minimum Gasteiger partial charge on any atom is -0.444 e. The maximum absolute atomic E-state index is 11.4. The Balaban J connectivity index is 3.96. The van der Waals surface area contributed by atoms with Crippen LogP contribution in [0.25, 0.3) is 0 Å². The van der Waals surface area contributed by atoms with E-state index in [0.29, 0.717) is 6.42 Å². The first-order valence-electron chi connectivity index (χ1n) is 5.76. The summed E-state index contributed by atoms with van der Waals surface area (Å²) in [7, 11) is 0. The van der Waals surface area contributed by atoms with Crippen LogP contribution in [0.5, 0.6) is 0 Å². The molecule has 0 fully saturated rings. The second kappa shape index (κ2) is 7.71. The molecule has 0 aromatic rings. The Labute approximate surface area is 107 Å². The summed E-state index contributed by atoms with van der Waals surface area (Å²) in [6, 6.07) is -0.379. The van der Waals surface area contributed by atoms with Crippen molar-refractivity contribution in [2.45, 2.75) is 38.8 Å². The number of hydrogen-bond acceptors (Lipinski definition) is 4. The fourth-order valence-electron chi connectivity index (χ4n) is 1.13. The van der Waals surface area contributed by atoms with E-state index in [9.17, 15) is 9.59 Å². The molecule has 0 spiro atoms. The van der Waals surface area contributed by atoms with Gasteiger partial charge < -0.3 is 20.5 Å². The van der Waals surface area contributed by atoms with Gasteiger partial charge in [0.1, 0.15) is 12.1 Å². The summed E-state index contributed by atoms with van der Waals surface area (Å²) in [5.74, 6) is -0.387. The average Bonchev–Trinajstić information content (AvgIpc) is 2.23. The highest BCUT2D eigenvalue weighted by Gasteiger charge is 2.17. The van der Waals surface area contributed by atoms with E-state index in [4.69, 9.17) is 9.84 Å². The fraction of sp³-hybridized carbons (Fsp3) is 0.667. The SMILES string of the molecule is C=CCC(CO)NC(=O)CNC(=O)OC(C)(C)C. The zero-order valence-corrected chi connectivity index (χ0v) is 11.2. The molecular weight excluding hydrogens is 236 g/mol. The zero-order chi connectivity index (χ0) is 14.2. The summed E-state index contributed by atoms with van der Waals surface area (Å²) in [6.07, 6.45) is 1.42. The number of carbonyl (C=O) groups is 2. The van der Waals surface area contributed by atoms with Crippen LogP contribution in [0.15, 0.2) is 12.7 Å². The Morgan fingerprint density at radius 1 is 1.44 bits per heavy atom. The second-order valence-electron chi connectivity index (χ2n) is 4.83. The molecule has 2 amide bonds. The molecule has 3 N–H and O–H groups in total. The van der Waals surface area contributed by atoms with Gasteiger partial charge in [0.25, 0.3) is 0 Å². The quantitative estimate of drug-likeness (QED) is 0.608. The second-order valence-corrected chi connectivity index (χ2v) is 4.83. The van der Waals surface area contributed by atoms with Crippen molar-refractivity contribution < 1.29 is 19.4 Å². The summed E-state index contributed by atoms with van der Waals surface area (Å²) in [5.41, 5.74) is -0.600. The van der Waals surface area contributed by atoms with Gasteiger partial charge in [-0.2, -0.15) is 0 Å². The number of carbonyl (C=O) groups excluding carboxylic acids is 2. The summed E-state index contributed by atoms with van der Waals surface area (Å²) in [5, 5.41) is 13.8. The van der Waals surface area contributed by atoms with Crippen molar-refractivity contribution in [3.8, 4) is 0 Å². The predicted molar refractivity (Wildman–Crippen MR) is 68.1 cm³/mol. The number of hydrogen-bond donors (Lipinski definition) is 3. The number of amides is 2. The van der Waals surface area contributed by atoms with Gasteiger partial charge >= 0.3 is 6.09 Å². The lowest BCUT2D eigenvalue weighted by Crippen LogP contribution is -2.44. The third-order valence-corrected chi connectivity index (χ3v) is 1.83. The smallest absolute Gasteiger partial charge is 0.408 e. The molecule has 0 aromatic carbocycles. The molecule has 0 radical (unpaired) electrons. The predicted octanol–water partition coefficient (Wildman–Crippen LogP) is 0.564. The summed E-state index contributed by atoms with van der Waals surface area (Å²) < 4.78 is 4.97. The lowest BCUT2D eigenvalue weighted by molar-refractivity contribution is -0.121. The minimum atomic E-state index is -0.651. The van der Waals surface area contributed by atoms with Crippen molar-refractivity contribution in [1.29, 1.82) is 0 Å². The molecule has 104 valence electrons. The van der Waals surface area contributed by atoms with Gasteiger partial charge in [-0.25, -0.2) is 4.79 Å². The van der Waals surface area contributed by atoms with E-state index in [2.05, 4.69) is 17.2 Å². The van der Waals surface area contributed by atoms with Gasteiger partial charge in [0.2, 0.25) is 5.91 Å². The molecule has 6 nitrogen and oxygen atoms in total. The third kappa shape index (κ3) is 8.58. The molecule has 0 saturated carbocycles. The lowest BCUT2D eigenvalue weighted by Gasteiger charge is -2.20. The van der Waals surface area contributed by atoms with E-state index in [1.54, 1.807) is 26.8 Å². The van der Waals surface area contributed by atoms with Crippen molar-refractivity contribution in [3.05, 3.63) is 12.7 Å². The first kappa shape index (κ1) is 16.4. The van der Waals surface area contributed by atoms with Crippen molar-refractivity contribution in [1.82, 2.24) is 10.6 Å². The Kier molecular flexibility index (Phi) is 7.04. The Bertz CT molecular complexity index is 297. The Hall–Kier alpha value is -1.56. The molecule has 0 saturated heterocycles. The molecule has 1 unspecified atom stereocenters. The zero-order valence-electron chi connectivity index (χ0n) is 11.2. The fourth-order valence-corrected chi connectivity index (χ4v) is 1.13. The summed E-state index contributed by atoms with van der Waals surface area (Å²) >= 11 is 0. The van der Waals surface area contributed by atoms with Gasteiger partial charge in [-0.05, 0) is 27.2 Å². The number of rotatable bonds is 6. The normalized spacial score (nSPS) is 12.4. The van der Waals surface area contributed by atoms with E-state index in [1.807, 2.05) is 0 Å². The number of aliphatic hydroxyl groups excluding tert-OH is 1. The van der Waals surface area contributed by atoms with Crippen LogP contribution in [-0.4, -0.2) is 41.9 Å². The summed E-state index contributed by atoms with van der Waals surface area (Å²) in [4.78, 5) is 22.7. The molecule has 0 bridgehead atoms. The maximum atomic E-state index is 11.4. The largest absolute Gasteiger partial charge is 0.444 e. The number of nitrogens with one attached hydrogen (secondary N) is 2. The van der Waals surface area contributed by atoms with Crippen molar-refractivity contribution in [2.75, 3.05) is 13.2 Å². The van der Waals surface area contributed by atoms with Crippen LogP contribution >= 0.6 is 0 Å². The Morgan fingerprint density at radius 3 is 2.50 bits per heavy atom. The maximum Gasteiger partial charge on any atom is 0.408 e. The van der Waals surface area contributed by atoms with Crippen molar-refractivity contribution >= 4 is 12.0 Å². The van der Waals surface area contributed by atoms with E-state index in [-0.39, 0.29) is 25.1 Å². The van der Waals surface area contributed by atoms with Crippen LogP contribution in [0.4, 0.5) is 4.79 Å². The molecule has 0 aliphatic rings. The van der Waals surface area contributed by atoms with Crippen LogP contribution in [0.3, 0.4) is 0 Å². The molecule has 0 rings (SSSR count). The molecular formula is C12H22N2O4. The topological polar surface area (TPSA) is 87.7 Å². The third-order valence-electron chi connectivity index (χ3n) is 1.83. The monoisotopic (exact) mass is 258 g/mol. The Morgan fingerprint density at radius 2 is 2.06 bits per heavy atom. The molecule has 0 heterocycles. The average molecular weight is 258 g/mol. The molecule has 18 heavy (non-hydrogen) atoms. The van der Waals surface area contributed by atoms with Gasteiger partial charge in [-0.15, -0.1) is 6.58 Å². The highest BCUT2D eigenvalue weighted by Crippen LogP contribution is 2.06. The van der Waals surface area contributed by atoms with Crippen LogP contribution in [0.2, 0.25) is 0 Å². The number of alkyl carbamates (subject to hydrolysis) is 1. The molecule has 0 aliphatic carbocycles.